The Bertz CT molecular complexity index is 1190. The molecule has 2 rings (SSSR count). The minimum absolute atomic E-state index is 0.0209. The quantitative estimate of drug-likeness (QED) is 0.118. The van der Waals surface area contributed by atoms with E-state index in [-0.39, 0.29) is 56.4 Å². The van der Waals surface area contributed by atoms with Crippen molar-refractivity contribution in [2.75, 3.05) is 32.6 Å². The van der Waals surface area contributed by atoms with Gasteiger partial charge in [0.15, 0.2) is 17.0 Å². The number of rotatable bonds is 16. The van der Waals surface area contributed by atoms with E-state index in [1.807, 2.05) is 0 Å². The maximum atomic E-state index is 13.0. The van der Waals surface area contributed by atoms with Crippen LogP contribution >= 0.6 is 19.6 Å². The average Bonchev–Trinajstić information content (AvgIpc) is 2.95. The largest absolute Gasteiger partial charge is 0.530 e. The number of hydrogen-bond donors (Lipinski definition) is 2. The van der Waals surface area contributed by atoms with Crippen LogP contribution in [-0.2, 0) is 47.1 Å². The third-order valence-electron chi connectivity index (χ3n) is 6.10. The van der Waals surface area contributed by atoms with Crippen LogP contribution in [0, 0.1) is 11.3 Å². The highest BCUT2D eigenvalue weighted by Gasteiger charge is 2.49. The number of Topliss-reactive ketones (excluding diaryl/α,β-unsaturated/α-hetero) is 2. The molecule has 1 fully saturated rings. The fraction of sp³-hybridized carbons (Fsp3) is 0.556. The Hall–Kier alpha value is -3.06. The molecule has 2 amide bonds. The normalized spacial score (nSPS) is 20.0. The van der Waals surface area contributed by atoms with E-state index in [4.69, 9.17) is 13.6 Å². The summed E-state index contributed by atoms with van der Waals surface area (Å²) < 4.78 is 33.7. The van der Waals surface area contributed by atoms with E-state index in [0.717, 1.165) is 11.8 Å². The van der Waals surface area contributed by atoms with E-state index >= 15 is 0 Å². The van der Waals surface area contributed by atoms with Crippen molar-refractivity contribution in [1.82, 2.24) is 10.6 Å². The molecule has 0 spiro atoms. The maximum absolute atomic E-state index is 13.0. The molecule has 2 N–H and O–H groups in total. The highest BCUT2D eigenvalue weighted by Crippen LogP contribution is 2.56. The van der Waals surface area contributed by atoms with Gasteiger partial charge >= 0.3 is 13.8 Å². The van der Waals surface area contributed by atoms with Crippen LogP contribution in [0.25, 0.3) is 0 Å². The van der Waals surface area contributed by atoms with E-state index in [1.54, 1.807) is 44.2 Å². The first kappa shape index (κ1) is 35.1. The Balaban J connectivity index is 1.69. The van der Waals surface area contributed by atoms with Crippen LogP contribution in [-0.4, -0.2) is 73.1 Å². The number of ketones is 2. The number of carbonyl (C=O) groups excluding carboxylic acids is 6. The Morgan fingerprint density at radius 2 is 1.74 bits per heavy atom. The monoisotopic (exact) mass is 628 g/mol. The number of nitrogens with one attached hydrogen (secondary N) is 2. The number of phosphoric acid groups is 1. The van der Waals surface area contributed by atoms with Crippen LogP contribution in [0.15, 0.2) is 30.3 Å². The molecule has 0 bridgehead atoms. The second-order valence-electron chi connectivity index (χ2n) is 10.1. The van der Waals surface area contributed by atoms with Crippen LogP contribution in [0.5, 0.6) is 5.75 Å². The predicted octanol–water partition coefficient (Wildman–Crippen LogP) is 2.62. The summed E-state index contributed by atoms with van der Waals surface area (Å²) >= 11 is 0.855. The van der Waals surface area contributed by atoms with Gasteiger partial charge in [-0.1, -0.05) is 43.8 Å². The molecular weight excluding hydrogens is 591 g/mol. The lowest BCUT2D eigenvalue weighted by atomic mass is 9.87. The van der Waals surface area contributed by atoms with Gasteiger partial charge in [-0.15, -0.1) is 0 Å². The first-order valence-electron chi connectivity index (χ1n) is 13.3. The van der Waals surface area contributed by atoms with Crippen molar-refractivity contribution in [3.05, 3.63) is 30.3 Å². The number of thioether (sulfide) groups is 1. The van der Waals surface area contributed by atoms with E-state index in [1.165, 1.54) is 14.0 Å². The summed E-state index contributed by atoms with van der Waals surface area (Å²) in [6, 6.07) is 8.28. The summed E-state index contributed by atoms with van der Waals surface area (Å²) in [5, 5.41) is 4.79. The summed E-state index contributed by atoms with van der Waals surface area (Å²) in [6.45, 7) is 4.90. The van der Waals surface area contributed by atoms with Crippen LogP contribution in [0.2, 0.25) is 0 Å². The first-order valence-corrected chi connectivity index (χ1v) is 15.7. The van der Waals surface area contributed by atoms with Gasteiger partial charge in [-0.2, -0.15) is 0 Å². The van der Waals surface area contributed by atoms with Gasteiger partial charge in [0.2, 0.25) is 5.91 Å². The fourth-order valence-corrected chi connectivity index (χ4v) is 6.00. The smallest absolute Gasteiger partial charge is 0.469 e. The van der Waals surface area contributed by atoms with Crippen molar-refractivity contribution in [3.63, 3.8) is 0 Å². The molecule has 1 saturated heterocycles. The third kappa shape index (κ3) is 11.7. The highest BCUT2D eigenvalue weighted by atomic mass is 32.2. The number of amides is 2. The summed E-state index contributed by atoms with van der Waals surface area (Å²) in [5.74, 6) is -3.04. The Morgan fingerprint density at radius 3 is 2.40 bits per heavy atom. The second kappa shape index (κ2) is 16.5. The zero-order valence-corrected chi connectivity index (χ0v) is 25.8. The van der Waals surface area contributed by atoms with Gasteiger partial charge in [-0.3, -0.25) is 37.8 Å². The lowest BCUT2D eigenvalue weighted by Crippen LogP contribution is -2.50. The Morgan fingerprint density at radius 1 is 1.05 bits per heavy atom. The Labute approximate surface area is 248 Å². The lowest BCUT2D eigenvalue weighted by Gasteiger charge is -2.39. The van der Waals surface area contributed by atoms with Crippen molar-refractivity contribution in [2.24, 2.45) is 11.3 Å². The minimum atomic E-state index is -4.06. The number of carbonyl (C=O) groups is 6. The summed E-state index contributed by atoms with van der Waals surface area (Å²) in [5.41, 5.74) is -0.821. The van der Waals surface area contributed by atoms with Crippen LogP contribution in [0.1, 0.15) is 46.5 Å². The molecule has 3 atom stereocenters. The summed E-state index contributed by atoms with van der Waals surface area (Å²) in [6.07, 6.45) is -1.92. The van der Waals surface area contributed by atoms with Crippen molar-refractivity contribution >= 4 is 54.1 Å². The second-order valence-corrected chi connectivity index (χ2v) is 12.8. The SMILES string of the molecule is COC(=O)CCC(=O)CC(=O)C(C)C(=O)SCCNC(=O)CCNC(=O)[C@@H]1OP(=O)(Oc2ccccc2)OCC1(C)C. The van der Waals surface area contributed by atoms with Crippen molar-refractivity contribution in [1.29, 1.82) is 0 Å². The third-order valence-corrected chi connectivity index (χ3v) is 8.50. The van der Waals surface area contributed by atoms with Gasteiger partial charge in [0.1, 0.15) is 11.5 Å². The molecule has 0 saturated carbocycles. The van der Waals surface area contributed by atoms with E-state index in [2.05, 4.69) is 15.4 Å². The molecule has 1 aromatic carbocycles. The number of esters is 1. The summed E-state index contributed by atoms with van der Waals surface area (Å²) in [4.78, 5) is 72.4. The van der Waals surface area contributed by atoms with Crippen LogP contribution in [0.4, 0.5) is 0 Å². The number of methoxy groups -OCH3 is 1. The Kier molecular flexibility index (Phi) is 13.8. The number of ether oxygens (including phenoxy) is 1. The molecule has 42 heavy (non-hydrogen) atoms. The number of benzene rings is 1. The van der Waals surface area contributed by atoms with Gasteiger partial charge < -0.3 is 19.9 Å². The van der Waals surface area contributed by atoms with Crippen LogP contribution in [0.3, 0.4) is 0 Å². The molecule has 15 heteroatoms. The zero-order chi connectivity index (χ0) is 31.3. The minimum Gasteiger partial charge on any atom is -0.469 e. The molecule has 232 valence electrons. The van der Waals surface area contributed by atoms with E-state index < -0.39 is 60.2 Å². The van der Waals surface area contributed by atoms with Crippen LogP contribution < -0.4 is 15.2 Å². The van der Waals surface area contributed by atoms with Crippen molar-refractivity contribution in [2.45, 2.75) is 52.6 Å². The molecule has 0 aliphatic carbocycles. The van der Waals surface area contributed by atoms with Crippen molar-refractivity contribution in [3.8, 4) is 5.75 Å². The first-order chi connectivity index (χ1) is 19.8. The number of para-hydroxylation sites is 1. The number of phosphoric ester groups is 1. The topological polar surface area (TPSA) is 180 Å². The van der Waals surface area contributed by atoms with Gasteiger partial charge in [-0.25, -0.2) is 4.57 Å². The molecular formula is C27H37N2O11PS. The van der Waals surface area contributed by atoms with Gasteiger partial charge in [0.05, 0.1) is 32.5 Å². The average molecular weight is 629 g/mol. The fourth-order valence-electron chi connectivity index (χ4n) is 3.54. The molecule has 0 aromatic heterocycles. The molecule has 1 heterocycles. The summed E-state index contributed by atoms with van der Waals surface area (Å²) in [7, 11) is -2.86. The molecule has 1 aliphatic heterocycles. The highest BCUT2D eigenvalue weighted by molar-refractivity contribution is 8.13. The molecule has 13 nitrogen and oxygen atoms in total. The van der Waals surface area contributed by atoms with E-state index in [9.17, 15) is 33.3 Å². The van der Waals surface area contributed by atoms with Crippen molar-refractivity contribution < 1.29 is 51.6 Å². The van der Waals surface area contributed by atoms with Gasteiger partial charge in [0, 0.05) is 37.1 Å². The molecule has 0 radical (unpaired) electrons. The van der Waals surface area contributed by atoms with Gasteiger partial charge in [0.25, 0.3) is 5.91 Å². The molecule has 1 aromatic rings. The van der Waals surface area contributed by atoms with Gasteiger partial charge in [-0.05, 0) is 19.1 Å². The zero-order valence-electron chi connectivity index (χ0n) is 24.0. The van der Waals surface area contributed by atoms with E-state index in [0.29, 0.717) is 0 Å². The molecule has 1 aliphatic rings. The maximum Gasteiger partial charge on any atom is 0.530 e. The number of hydrogen-bond acceptors (Lipinski definition) is 12. The standard InChI is InChI=1S/C27H37N2O11PS/c1-18(21(31)16-19(30)10-11-23(33)37-4)26(35)42-15-14-28-22(32)12-13-29-25(34)24-27(2,3)17-38-41(36,40-24)39-20-8-6-5-7-9-20/h5-9,18,24H,10-17H2,1-4H3,(H,28,32)(H,29,34)/t18?,24-,41?/m0/s1. The predicted molar refractivity (Wildman–Crippen MR) is 152 cm³/mol. The molecule has 2 unspecified atom stereocenters. The lowest BCUT2D eigenvalue weighted by molar-refractivity contribution is -0.142.